The predicted octanol–water partition coefficient (Wildman–Crippen LogP) is 2.61. The van der Waals surface area contributed by atoms with Crippen molar-refractivity contribution in [3.8, 4) is 0 Å². The molecule has 4 rings (SSSR count). The number of likely N-dealkylation sites (tertiary alicyclic amines) is 2. The van der Waals surface area contributed by atoms with E-state index in [4.69, 9.17) is 11.6 Å². The third-order valence-corrected chi connectivity index (χ3v) is 5.84. The maximum atomic E-state index is 13.0. The molecular formula is C20H23ClN4O2. The van der Waals surface area contributed by atoms with E-state index in [9.17, 15) is 9.59 Å². The summed E-state index contributed by atoms with van der Waals surface area (Å²) in [4.78, 5) is 33.5. The highest BCUT2D eigenvalue weighted by Crippen LogP contribution is 2.32. The minimum Gasteiger partial charge on any atom is -0.338 e. The maximum absolute atomic E-state index is 13.0. The van der Waals surface area contributed by atoms with Crippen molar-refractivity contribution in [3.63, 3.8) is 0 Å². The van der Waals surface area contributed by atoms with Crippen LogP contribution in [0.3, 0.4) is 0 Å². The van der Waals surface area contributed by atoms with Crippen molar-refractivity contribution in [2.24, 2.45) is 5.92 Å². The van der Waals surface area contributed by atoms with Gasteiger partial charge in [-0.05, 0) is 31.4 Å². The van der Waals surface area contributed by atoms with Crippen LogP contribution >= 0.6 is 11.6 Å². The van der Waals surface area contributed by atoms with Gasteiger partial charge in [-0.25, -0.2) is 4.98 Å². The van der Waals surface area contributed by atoms with Crippen LogP contribution in [0.5, 0.6) is 0 Å². The molecule has 2 atom stereocenters. The van der Waals surface area contributed by atoms with E-state index in [1.165, 1.54) is 0 Å². The lowest BCUT2D eigenvalue weighted by Crippen LogP contribution is -2.46. The van der Waals surface area contributed by atoms with Gasteiger partial charge in [-0.15, -0.1) is 0 Å². The van der Waals surface area contributed by atoms with Gasteiger partial charge in [0.1, 0.15) is 0 Å². The van der Waals surface area contributed by atoms with E-state index in [2.05, 4.69) is 4.98 Å². The highest BCUT2D eigenvalue weighted by Gasteiger charge is 2.42. The zero-order valence-corrected chi connectivity index (χ0v) is 16.1. The zero-order chi connectivity index (χ0) is 19.0. The number of nitrogens with zero attached hydrogens (tertiary/aromatic N) is 4. The van der Waals surface area contributed by atoms with E-state index in [0.29, 0.717) is 42.6 Å². The summed E-state index contributed by atoms with van der Waals surface area (Å²) in [5.41, 5.74) is 1.56. The van der Waals surface area contributed by atoms with Gasteiger partial charge in [-0.3, -0.25) is 9.59 Å². The van der Waals surface area contributed by atoms with Gasteiger partial charge in [0.25, 0.3) is 5.91 Å². The number of aryl methyl sites for hydroxylation is 2. The summed E-state index contributed by atoms with van der Waals surface area (Å²) in [6, 6.07) is 5.62. The molecule has 0 radical (unpaired) electrons. The molecule has 0 aliphatic carbocycles. The first-order valence-corrected chi connectivity index (χ1v) is 9.69. The number of halogens is 1. The number of fused-ring (bicyclic) bond motifs is 2. The molecule has 27 heavy (non-hydrogen) atoms. The van der Waals surface area contributed by atoms with Crippen LogP contribution in [0.1, 0.15) is 28.8 Å². The molecule has 2 aliphatic rings. The number of piperidine rings is 1. The zero-order valence-electron chi connectivity index (χ0n) is 15.3. The minimum absolute atomic E-state index is 0.0360. The second-order valence-corrected chi connectivity index (χ2v) is 7.95. The lowest BCUT2D eigenvalue weighted by atomic mass is 9.99. The molecule has 2 unspecified atom stereocenters. The number of rotatable bonds is 4. The van der Waals surface area contributed by atoms with Crippen molar-refractivity contribution in [2.75, 3.05) is 19.6 Å². The number of aromatic nitrogens is 2. The molecule has 2 saturated heterocycles. The van der Waals surface area contributed by atoms with Crippen LogP contribution in [0, 0.1) is 12.8 Å². The van der Waals surface area contributed by atoms with Crippen LogP contribution in [0.2, 0.25) is 5.02 Å². The molecule has 0 saturated carbocycles. The van der Waals surface area contributed by atoms with Crippen molar-refractivity contribution in [1.29, 1.82) is 0 Å². The molecule has 142 valence electrons. The monoisotopic (exact) mass is 386 g/mol. The highest BCUT2D eigenvalue weighted by atomic mass is 35.5. The largest absolute Gasteiger partial charge is 0.338 e. The van der Waals surface area contributed by atoms with Crippen LogP contribution in [-0.2, 0) is 11.3 Å². The first-order chi connectivity index (χ1) is 13.0. The molecule has 2 amide bonds. The Morgan fingerprint density at radius 1 is 1.26 bits per heavy atom. The van der Waals surface area contributed by atoms with Gasteiger partial charge >= 0.3 is 0 Å². The van der Waals surface area contributed by atoms with E-state index in [-0.39, 0.29) is 17.9 Å². The van der Waals surface area contributed by atoms with E-state index < -0.39 is 0 Å². The Bertz CT molecular complexity index is 852. The van der Waals surface area contributed by atoms with Gasteiger partial charge in [-0.1, -0.05) is 23.2 Å². The average molecular weight is 387 g/mol. The van der Waals surface area contributed by atoms with Gasteiger partial charge in [-0.2, -0.15) is 0 Å². The first kappa shape index (κ1) is 18.0. The standard InChI is InChI=1S/C20H23ClN4O2/c1-14-2-3-18(21)17(8-14)20(27)24-10-15-9-16(12-24)25(11-15)19(26)4-6-23-7-5-22-13-23/h2-3,5,7-8,13,15-16H,4,6,9-12H2,1H3. The predicted molar refractivity (Wildman–Crippen MR) is 103 cm³/mol. The summed E-state index contributed by atoms with van der Waals surface area (Å²) in [7, 11) is 0. The molecule has 3 heterocycles. The van der Waals surface area contributed by atoms with Gasteiger partial charge in [0.2, 0.25) is 5.91 Å². The Morgan fingerprint density at radius 2 is 2.11 bits per heavy atom. The fraction of sp³-hybridized carbons (Fsp3) is 0.450. The lowest BCUT2D eigenvalue weighted by Gasteiger charge is -2.33. The molecule has 2 aliphatic heterocycles. The number of hydrogen-bond donors (Lipinski definition) is 0. The van der Waals surface area contributed by atoms with E-state index in [1.54, 1.807) is 18.6 Å². The van der Waals surface area contributed by atoms with Gasteiger partial charge < -0.3 is 14.4 Å². The quantitative estimate of drug-likeness (QED) is 0.811. The Balaban J connectivity index is 1.42. The van der Waals surface area contributed by atoms with E-state index >= 15 is 0 Å². The number of imidazole rings is 1. The highest BCUT2D eigenvalue weighted by molar-refractivity contribution is 6.33. The van der Waals surface area contributed by atoms with Crippen LogP contribution in [0.15, 0.2) is 36.9 Å². The molecular weight excluding hydrogens is 364 g/mol. The Morgan fingerprint density at radius 3 is 2.89 bits per heavy atom. The van der Waals surface area contributed by atoms with Gasteiger partial charge in [0, 0.05) is 51.0 Å². The summed E-state index contributed by atoms with van der Waals surface area (Å²) in [5.74, 6) is 0.457. The van der Waals surface area contributed by atoms with Crippen LogP contribution in [0.4, 0.5) is 0 Å². The normalized spacial score (nSPS) is 21.6. The summed E-state index contributed by atoms with van der Waals surface area (Å²) in [6.07, 6.45) is 6.73. The molecule has 0 N–H and O–H groups in total. The SMILES string of the molecule is Cc1ccc(Cl)c(C(=O)N2CC3CC(C2)N(C(=O)CCn2ccnc2)C3)c1. The van der Waals surface area contributed by atoms with Crippen LogP contribution < -0.4 is 0 Å². The molecule has 2 bridgehead atoms. The van der Waals surface area contributed by atoms with Crippen LogP contribution in [-0.4, -0.2) is 56.8 Å². The topological polar surface area (TPSA) is 58.4 Å². The van der Waals surface area contributed by atoms with Crippen molar-refractivity contribution in [1.82, 2.24) is 19.4 Å². The van der Waals surface area contributed by atoms with Crippen LogP contribution in [0.25, 0.3) is 0 Å². The maximum Gasteiger partial charge on any atom is 0.255 e. The summed E-state index contributed by atoms with van der Waals surface area (Å²) >= 11 is 6.25. The average Bonchev–Trinajstić information content (AvgIpc) is 3.28. The first-order valence-electron chi connectivity index (χ1n) is 9.32. The molecule has 2 fully saturated rings. The number of carbonyl (C=O) groups is 2. The Kier molecular flexibility index (Phi) is 4.91. The number of hydrogen-bond acceptors (Lipinski definition) is 3. The van der Waals surface area contributed by atoms with Crippen molar-refractivity contribution < 1.29 is 9.59 Å². The molecule has 1 aromatic carbocycles. The Labute approximate surface area is 163 Å². The smallest absolute Gasteiger partial charge is 0.255 e. The van der Waals surface area contributed by atoms with Crippen molar-refractivity contribution >= 4 is 23.4 Å². The fourth-order valence-electron chi connectivity index (χ4n) is 4.19. The summed E-state index contributed by atoms with van der Waals surface area (Å²) in [5, 5.41) is 0.483. The third kappa shape index (κ3) is 3.72. The number of benzene rings is 1. The molecule has 7 heteroatoms. The molecule has 0 spiro atoms. The van der Waals surface area contributed by atoms with E-state index in [1.807, 2.05) is 39.6 Å². The second-order valence-electron chi connectivity index (χ2n) is 7.55. The fourth-order valence-corrected chi connectivity index (χ4v) is 4.39. The lowest BCUT2D eigenvalue weighted by molar-refractivity contribution is -0.132. The molecule has 6 nitrogen and oxygen atoms in total. The number of amides is 2. The molecule has 1 aromatic heterocycles. The number of carbonyl (C=O) groups excluding carboxylic acids is 2. The van der Waals surface area contributed by atoms with Crippen molar-refractivity contribution in [2.45, 2.75) is 32.4 Å². The summed E-state index contributed by atoms with van der Waals surface area (Å²) < 4.78 is 1.91. The second kappa shape index (κ2) is 7.35. The van der Waals surface area contributed by atoms with E-state index in [0.717, 1.165) is 18.5 Å². The van der Waals surface area contributed by atoms with Gasteiger partial charge in [0.05, 0.1) is 16.9 Å². The minimum atomic E-state index is -0.0360. The third-order valence-electron chi connectivity index (χ3n) is 5.51. The Hall–Kier alpha value is -2.34. The molecule has 2 aromatic rings. The van der Waals surface area contributed by atoms with Gasteiger partial charge in [0.15, 0.2) is 0 Å². The van der Waals surface area contributed by atoms with Crippen molar-refractivity contribution in [3.05, 3.63) is 53.1 Å². The summed E-state index contributed by atoms with van der Waals surface area (Å²) in [6.45, 7) is 4.59.